The molecule has 19 heavy (non-hydrogen) atoms. The van der Waals surface area contributed by atoms with Crippen LogP contribution in [0.3, 0.4) is 0 Å². The van der Waals surface area contributed by atoms with Crippen LogP contribution in [0.15, 0.2) is 18.2 Å². The smallest absolute Gasteiger partial charge is 0.128 e. The summed E-state index contributed by atoms with van der Waals surface area (Å²) in [4.78, 5) is 2.28. The Kier molecular flexibility index (Phi) is 6.46. The molecule has 0 heterocycles. The third-order valence-corrected chi connectivity index (χ3v) is 3.82. The molecular formula is C16H27FN2. The predicted octanol–water partition coefficient (Wildman–Crippen LogP) is 3.50. The average Bonchev–Trinajstić information content (AvgIpc) is 2.41. The molecular weight excluding hydrogens is 239 g/mol. The Balaban J connectivity index is 2.99. The number of rotatable bonds is 7. The Morgan fingerprint density at radius 3 is 2.53 bits per heavy atom. The lowest BCUT2D eigenvalue weighted by atomic mass is 10.00. The third-order valence-electron chi connectivity index (χ3n) is 3.82. The SMILES string of the molecule is CCC(C)CN(CC)C(CN)c1cc(C)ccc1F. The average molecular weight is 266 g/mol. The lowest BCUT2D eigenvalue weighted by Gasteiger charge is -2.32. The van der Waals surface area contributed by atoms with Gasteiger partial charge in [0, 0.05) is 24.7 Å². The summed E-state index contributed by atoms with van der Waals surface area (Å²) < 4.78 is 14.0. The highest BCUT2D eigenvalue weighted by Gasteiger charge is 2.22. The van der Waals surface area contributed by atoms with Gasteiger partial charge in [-0.2, -0.15) is 0 Å². The number of nitrogens with two attached hydrogens (primary N) is 1. The Bertz CT molecular complexity index is 392. The van der Waals surface area contributed by atoms with Gasteiger partial charge in [-0.15, -0.1) is 0 Å². The molecule has 0 radical (unpaired) electrons. The molecule has 0 fully saturated rings. The largest absolute Gasteiger partial charge is 0.329 e. The van der Waals surface area contributed by atoms with Gasteiger partial charge in [0.2, 0.25) is 0 Å². The van der Waals surface area contributed by atoms with Crippen molar-refractivity contribution in [3.8, 4) is 0 Å². The van der Waals surface area contributed by atoms with Crippen molar-refractivity contribution >= 4 is 0 Å². The molecule has 108 valence electrons. The fourth-order valence-electron chi connectivity index (χ4n) is 2.40. The van der Waals surface area contributed by atoms with Gasteiger partial charge < -0.3 is 5.73 Å². The highest BCUT2D eigenvalue weighted by molar-refractivity contribution is 5.27. The van der Waals surface area contributed by atoms with Gasteiger partial charge in [-0.3, -0.25) is 4.90 Å². The fourth-order valence-corrected chi connectivity index (χ4v) is 2.40. The van der Waals surface area contributed by atoms with E-state index < -0.39 is 0 Å². The van der Waals surface area contributed by atoms with Gasteiger partial charge >= 0.3 is 0 Å². The molecule has 0 aliphatic heterocycles. The van der Waals surface area contributed by atoms with Crippen LogP contribution in [-0.2, 0) is 0 Å². The summed E-state index contributed by atoms with van der Waals surface area (Å²) >= 11 is 0. The van der Waals surface area contributed by atoms with Crippen LogP contribution in [0.4, 0.5) is 4.39 Å². The van der Waals surface area contributed by atoms with Gasteiger partial charge in [-0.25, -0.2) is 4.39 Å². The summed E-state index contributed by atoms with van der Waals surface area (Å²) in [5.74, 6) is 0.450. The molecule has 0 aliphatic carbocycles. The summed E-state index contributed by atoms with van der Waals surface area (Å²) in [7, 11) is 0. The van der Waals surface area contributed by atoms with E-state index in [1.54, 1.807) is 12.1 Å². The first-order chi connectivity index (χ1) is 9.03. The molecule has 0 saturated heterocycles. The zero-order valence-electron chi connectivity index (χ0n) is 12.6. The molecule has 0 amide bonds. The van der Waals surface area contributed by atoms with E-state index in [2.05, 4.69) is 25.7 Å². The third kappa shape index (κ3) is 4.29. The molecule has 0 aliphatic rings. The molecule has 3 heteroatoms. The molecule has 1 aromatic rings. The van der Waals surface area contributed by atoms with Crippen molar-refractivity contribution in [2.24, 2.45) is 11.7 Å². The number of likely N-dealkylation sites (N-methyl/N-ethyl adjacent to an activating group) is 1. The highest BCUT2D eigenvalue weighted by Crippen LogP contribution is 2.24. The second-order valence-corrected chi connectivity index (χ2v) is 5.38. The summed E-state index contributed by atoms with van der Waals surface area (Å²) in [5, 5.41) is 0. The summed E-state index contributed by atoms with van der Waals surface area (Å²) in [5.41, 5.74) is 7.72. The molecule has 2 unspecified atom stereocenters. The van der Waals surface area contributed by atoms with Gasteiger partial charge in [0.15, 0.2) is 0 Å². The minimum absolute atomic E-state index is 0.0288. The maximum atomic E-state index is 14.0. The second kappa shape index (κ2) is 7.61. The van der Waals surface area contributed by atoms with Gasteiger partial charge in [0.25, 0.3) is 0 Å². The Morgan fingerprint density at radius 2 is 2.00 bits per heavy atom. The number of benzene rings is 1. The zero-order chi connectivity index (χ0) is 14.4. The van der Waals surface area contributed by atoms with Crippen LogP contribution in [0.2, 0.25) is 0 Å². The van der Waals surface area contributed by atoms with E-state index in [1.807, 2.05) is 13.0 Å². The van der Waals surface area contributed by atoms with Crippen LogP contribution in [-0.4, -0.2) is 24.5 Å². The summed E-state index contributed by atoms with van der Waals surface area (Å²) in [6, 6.07) is 5.24. The lowest BCUT2D eigenvalue weighted by molar-refractivity contribution is 0.179. The summed E-state index contributed by atoms with van der Waals surface area (Å²) in [6.07, 6.45) is 1.13. The van der Waals surface area contributed by atoms with Gasteiger partial charge in [0.05, 0.1) is 0 Å². The van der Waals surface area contributed by atoms with Crippen LogP contribution < -0.4 is 5.73 Å². The summed E-state index contributed by atoms with van der Waals surface area (Å²) in [6.45, 7) is 10.8. The number of hydrogen-bond acceptors (Lipinski definition) is 2. The molecule has 2 atom stereocenters. The van der Waals surface area contributed by atoms with E-state index in [0.717, 1.165) is 30.6 Å². The maximum absolute atomic E-state index is 14.0. The number of aryl methyl sites for hydroxylation is 1. The van der Waals surface area contributed by atoms with Crippen LogP contribution in [0, 0.1) is 18.7 Å². The van der Waals surface area contributed by atoms with Crippen molar-refractivity contribution in [1.29, 1.82) is 0 Å². The molecule has 0 spiro atoms. The van der Waals surface area contributed by atoms with Crippen LogP contribution in [0.25, 0.3) is 0 Å². The van der Waals surface area contributed by atoms with Crippen molar-refractivity contribution in [2.45, 2.75) is 40.2 Å². The van der Waals surface area contributed by atoms with Gasteiger partial charge in [0.1, 0.15) is 5.82 Å². The Hall–Kier alpha value is -0.930. The molecule has 0 aromatic heterocycles. The van der Waals surface area contributed by atoms with Crippen molar-refractivity contribution in [2.75, 3.05) is 19.6 Å². The Labute approximate surface area is 116 Å². The van der Waals surface area contributed by atoms with Crippen LogP contribution in [0.5, 0.6) is 0 Å². The number of halogens is 1. The van der Waals surface area contributed by atoms with E-state index in [1.165, 1.54) is 0 Å². The van der Waals surface area contributed by atoms with Crippen LogP contribution >= 0.6 is 0 Å². The van der Waals surface area contributed by atoms with Gasteiger partial charge in [-0.1, -0.05) is 44.9 Å². The molecule has 0 saturated carbocycles. The zero-order valence-corrected chi connectivity index (χ0v) is 12.6. The molecule has 2 nitrogen and oxygen atoms in total. The van der Waals surface area contributed by atoms with E-state index in [-0.39, 0.29) is 11.9 Å². The monoisotopic (exact) mass is 266 g/mol. The quantitative estimate of drug-likeness (QED) is 0.818. The van der Waals surface area contributed by atoms with E-state index in [0.29, 0.717) is 12.5 Å². The molecule has 1 rings (SSSR count). The predicted molar refractivity (Wildman–Crippen MR) is 79.6 cm³/mol. The van der Waals surface area contributed by atoms with Gasteiger partial charge in [-0.05, 0) is 25.5 Å². The normalized spacial score (nSPS) is 14.7. The first-order valence-corrected chi connectivity index (χ1v) is 7.23. The topological polar surface area (TPSA) is 29.3 Å². The minimum atomic E-state index is -0.149. The molecule has 0 bridgehead atoms. The Morgan fingerprint density at radius 1 is 1.32 bits per heavy atom. The van der Waals surface area contributed by atoms with Crippen molar-refractivity contribution in [3.05, 3.63) is 35.1 Å². The molecule has 1 aromatic carbocycles. The highest BCUT2D eigenvalue weighted by atomic mass is 19.1. The van der Waals surface area contributed by atoms with E-state index in [9.17, 15) is 4.39 Å². The fraction of sp³-hybridized carbons (Fsp3) is 0.625. The standard InChI is InChI=1S/C16H27FN2/c1-5-12(3)11-19(6-2)16(10-18)14-9-13(4)7-8-15(14)17/h7-9,12,16H,5-6,10-11,18H2,1-4H3. The van der Waals surface area contributed by atoms with E-state index in [4.69, 9.17) is 5.73 Å². The second-order valence-electron chi connectivity index (χ2n) is 5.38. The van der Waals surface area contributed by atoms with Crippen LogP contribution in [0.1, 0.15) is 44.4 Å². The van der Waals surface area contributed by atoms with Crippen molar-refractivity contribution < 1.29 is 4.39 Å². The maximum Gasteiger partial charge on any atom is 0.128 e. The first-order valence-electron chi connectivity index (χ1n) is 7.23. The van der Waals surface area contributed by atoms with Crippen molar-refractivity contribution in [1.82, 2.24) is 4.90 Å². The van der Waals surface area contributed by atoms with E-state index >= 15 is 0 Å². The van der Waals surface area contributed by atoms with Crippen molar-refractivity contribution in [3.63, 3.8) is 0 Å². The minimum Gasteiger partial charge on any atom is -0.329 e. The lowest BCUT2D eigenvalue weighted by Crippen LogP contribution is -2.37. The molecule has 2 N–H and O–H groups in total. The first kappa shape index (κ1) is 16.1. The number of nitrogens with zero attached hydrogens (tertiary/aromatic N) is 1. The number of hydrogen-bond donors (Lipinski definition) is 1.